The Morgan fingerprint density at radius 2 is 2.50 bits per heavy atom. The lowest BCUT2D eigenvalue weighted by Crippen LogP contribution is -2.29. The van der Waals surface area contributed by atoms with Crippen LogP contribution in [-0.2, 0) is 4.74 Å². The average Bonchev–Trinajstić information content (AvgIpc) is 2.10. The largest absolute Gasteiger partial charge is 0.362 e. The van der Waals surface area contributed by atoms with Crippen molar-refractivity contribution in [2.75, 3.05) is 13.7 Å². The van der Waals surface area contributed by atoms with Crippen molar-refractivity contribution in [3.63, 3.8) is 0 Å². The second-order valence-corrected chi connectivity index (χ2v) is 2.90. The number of methoxy groups -OCH3 is 1. The Morgan fingerprint density at radius 1 is 1.75 bits per heavy atom. The van der Waals surface area contributed by atoms with Crippen LogP contribution in [0.5, 0.6) is 0 Å². The molecule has 1 aliphatic rings. The summed E-state index contributed by atoms with van der Waals surface area (Å²) in [5.74, 6) is -1.10. The Bertz CT molecular complexity index is 211. The van der Waals surface area contributed by atoms with Gasteiger partial charge in [-0.15, -0.1) is 0 Å². The summed E-state index contributed by atoms with van der Waals surface area (Å²) in [5, 5.41) is 9.58. The second-order valence-electron chi connectivity index (χ2n) is 2.90. The van der Waals surface area contributed by atoms with Crippen LogP contribution in [0.25, 0.3) is 0 Å². The van der Waals surface area contributed by atoms with Crippen LogP contribution in [0.4, 0.5) is 0 Å². The molecule has 1 atom stereocenters. The maximum absolute atomic E-state index is 9.58. The zero-order valence-electron chi connectivity index (χ0n) is 7.29. The summed E-state index contributed by atoms with van der Waals surface area (Å²) in [6.45, 7) is 0.640. The first-order chi connectivity index (χ1) is 5.70. The topological polar surface area (TPSA) is 55.5 Å². The average molecular weight is 169 g/mol. The van der Waals surface area contributed by atoms with Crippen LogP contribution in [0.3, 0.4) is 0 Å². The van der Waals surface area contributed by atoms with Gasteiger partial charge in [0.1, 0.15) is 0 Å². The summed E-state index contributed by atoms with van der Waals surface area (Å²) in [6, 6.07) is 0. The van der Waals surface area contributed by atoms with E-state index < -0.39 is 5.79 Å². The summed E-state index contributed by atoms with van der Waals surface area (Å²) in [6.07, 6.45) is 6.85. The molecule has 0 heterocycles. The van der Waals surface area contributed by atoms with E-state index in [1.165, 1.54) is 12.7 Å². The molecule has 1 rings (SSSR count). The number of aliphatic hydroxyl groups is 1. The van der Waals surface area contributed by atoms with Crippen molar-refractivity contribution in [1.29, 1.82) is 0 Å². The van der Waals surface area contributed by atoms with E-state index in [-0.39, 0.29) is 0 Å². The summed E-state index contributed by atoms with van der Waals surface area (Å²) in [4.78, 5) is 0. The Labute approximate surface area is 72.5 Å². The molecule has 0 saturated heterocycles. The molecule has 0 bridgehead atoms. The molecule has 12 heavy (non-hydrogen) atoms. The molecular formula is C9H15NO2. The fourth-order valence-corrected chi connectivity index (χ4v) is 1.15. The third-order valence-electron chi connectivity index (χ3n) is 2.00. The Morgan fingerprint density at radius 3 is 2.92 bits per heavy atom. The van der Waals surface area contributed by atoms with Crippen molar-refractivity contribution in [3.05, 3.63) is 23.8 Å². The van der Waals surface area contributed by atoms with E-state index in [9.17, 15) is 5.11 Å². The van der Waals surface area contributed by atoms with Crippen LogP contribution < -0.4 is 5.73 Å². The van der Waals surface area contributed by atoms with E-state index in [0.29, 0.717) is 13.0 Å². The van der Waals surface area contributed by atoms with Crippen molar-refractivity contribution in [2.45, 2.75) is 18.6 Å². The molecule has 3 heteroatoms. The highest BCUT2D eigenvalue weighted by Gasteiger charge is 2.23. The molecule has 0 spiro atoms. The number of hydrogen-bond acceptors (Lipinski definition) is 3. The molecule has 0 aromatic carbocycles. The van der Waals surface area contributed by atoms with E-state index in [1.807, 2.05) is 12.2 Å². The Balaban J connectivity index is 2.55. The van der Waals surface area contributed by atoms with Gasteiger partial charge in [0, 0.05) is 13.5 Å². The lowest BCUT2D eigenvalue weighted by molar-refractivity contribution is -0.143. The molecule has 0 aromatic rings. The molecule has 68 valence electrons. The molecule has 0 aliphatic heterocycles. The van der Waals surface area contributed by atoms with Gasteiger partial charge in [-0.1, -0.05) is 17.7 Å². The van der Waals surface area contributed by atoms with Gasteiger partial charge in [-0.05, 0) is 19.0 Å². The third-order valence-corrected chi connectivity index (χ3v) is 2.00. The zero-order chi connectivity index (χ0) is 9.03. The maximum atomic E-state index is 9.58. The van der Waals surface area contributed by atoms with Crippen LogP contribution in [0.2, 0.25) is 0 Å². The summed E-state index contributed by atoms with van der Waals surface area (Å²) < 4.78 is 4.90. The van der Waals surface area contributed by atoms with Gasteiger partial charge in [0.05, 0.1) is 0 Å². The highest BCUT2D eigenvalue weighted by atomic mass is 16.6. The Hall–Kier alpha value is -0.640. The van der Waals surface area contributed by atoms with Gasteiger partial charge in [-0.25, -0.2) is 0 Å². The predicted molar refractivity (Wildman–Crippen MR) is 47.5 cm³/mol. The van der Waals surface area contributed by atoms with Crippen LogP contribution in [0.1, 0.15) is 12.8 Å². The highest BCUT2D eigenvalue weighted by molar-refractivity contribution is 5.26. The fourth-order valence-electron chi connectivity index (χ4n) is 1.15. The minimum atomic E-state index is -1.10. The molecule has 0 saturated carbocycles. The molecule has 0 fully saturated rings. The number of allylic oxidation sites excluding steroid dienone is 1. The first-order valence-electron chi connectivity index (χ1n) is 4.06. The van der Waals surface area contributed by atoms with Crippen molar-refractivity contribution < 1.29 is 9.84 Å². The monoisotopic (exact) mass is 169 g/mol. The van der Waals surface area contributed by atoms with Crippen LogP contribution in [0, 0.1) is 0 Å². The number of nitrogens with two attached hydrogens (primary N) is 1. The van der Waals surface area contributed by atoms with Gasteiger partial charge in [-0.3, -0.25) is 0 Å². The normalized spacial score (nSPS) is 28.8. The van der Waals surface area contributed by atoms with Crippen LogP contribution >= 0.6 is 0 Å². The van der Waals surface area contributed by atoms with Crippen molar-refractivity contribution in [1.82, 2.24) is 0 Å². The highest BCUT2D eigenvalue weighted by Crippen LogP contribution is 2.22. The fraction of sp³-hybridized carbons (Fsp3) is 0.556. The Kier molecular flexibility index (Phi) is 3.03. The van der Waals surface area contributed by atoms with E-state index >= 15 is 0 Å². The molecule has 0 amide bonds. The minimum Gasteiger partial charge on any atom is -0.362 e. The van der Waals surface area contributed by atoms with Crippen LogP contribution in [-0.4, -0.2) is 24.5 Å². The lowest BCUT2D eigenvalue weighted by Gasteiger charge is -2.24. The minimum absolute atomic E-state index is 0.509. The quantitative estimate of drug-likeness (QED) is 0.607. The predicted octanol–water partition coefficient (Wildman–Crippen LogP) is 0.556. The first-order valence-corrected chi connectivity index (χ1v) is 4.06. The van der Waals surface area contributed by atoms with Gasteiger partial charge in [0.15, 0.2) is 5.79 Å². The SMILES string of the molecule is COC1(O)C=CC(CCN)=CC1. The van der Waals surface area contributed by atoms with Gasteiger partial charge in [-0.2, -0.15) is 0 Å². The lowest BCUT2D eigenvalue weighted by atomic mass is 10.00. The number of hydrogen-bond donors (Lipinski definition) is 2. The molecule has 1 aliphatic carbocycles. The maximum Gasteiger partial charge on any atom is 0.188 e. The number of rotatable bonds is 3. The van der Waals surface area contributed by atoms with Crippen molar-refractivity contribution >= 4 is 0 Å². The summed E-state index contributed by atoms with van der Waals surface area (Å²) in [5.41, 5.74) is 6.56. The molecule has 3 nitrogen and oxygen atoms in total. The van der Waals surface area contributed by atoms with Gasteiger partial charge in [0.2, 0.25) is 0 Å². The standard InChI is InChI=1S/C9H15NO2/c1-12-9(11)5-2-8(3-6-9)4-7-10/h2-3,5,11H,4,6-7,10H2,1H3. The molecule has 0 aromatic heterocycles. The van der Waals surface area contributed by atoms with E-state index in [0.717, 1.165) is 6.42 Å². The number of ether oxygens (including phenoxy) is 1. The van der Waals surface area contributed by atoms with E-state index in [2.05, 4.69) is 0 Å². The van der Waals surface area contributed by atoms with Crippen molar-refractivity contribution in [3.8, 4) is 0 Å². The van der Waals surface area contributed by atoms with Gasteiger partial charge < -0.3 is 15.6 Å². The van der Waals surface area contributed by atoms with Crippen LogP contribution in [0.15, 0.2) is 23.8 Å². The second kappa shape index (κ2) is 3.85. The first kappa shape index (κ1) is 9.45. The van der Waals surface area contributed by atoms with Gasteiger partial charge >= 0.3 is 0 Å². The smallest absolute Gasteiger partial charge is 0.188 e. The van der Waals surface area contributed by atoms with Gasteiger partial charge in [0.25, 0.3) is 0 Å². The van der Waals surface area contributed by atoms with E-state index in [4.69, 9.17) is 10.5 Å². The third kappa shape index (κ3) is 2.17. The van der Waals surface area contributed by atoms with E-state index in [1.54, 1.807) is 6.08 Å². The molecule has 3 N–H and O–H groups in total. The molecule has 1 unspecified atom stereocenters. The zero-order valence-corrected chi connectivity index (χ0v) is 7.29. The van der Waals surface area contributed by atoms with Crippen molar-refractivity contribution in [2.24, 2.45) is 5.73 Å². The summed E-state index contributed by atoms with van der Waals surface area (Å²) in [7, 11) is 1.49. The summed E-state index contributed by atoms with van der Waals surface area (Å²) >= 11 is 0. The molecule has 0 radical (unpaired) electrons. The molecular weight excluding hydrogens is 154 g/mol.